The standard InChI is InChI=1S/C16H15F3N4O/c17-16(18,19)13-7-4-8-23(13)14(24)11-9-20-15(21-10-11)22-12-5-2-1-3-6-12/h1-3,5-6,9-10,13H,4,7-8H2,(H,20,21,22)/t13-/m1/s1. The van der Waals surface area contributed by atoms with Crippen LogP contribution in [0.2, 0.25) is 0 Å². The van der Waals surface area contributed by atoms with Gasteiger partial charge in [-0.3, -0.25) is 4.79 Å². The predicted molar refractivity (Wildman–Crippen MR) is 81.9 cm³/mol. The number of hydrogen-bond donors (Lipinski definition) is 1. The SMILES string of the molecule is O=C(c1cnc(Nc2ccccc2)nc1)N1CCC[C@@H]1C(F)(F)F. The van der Waals surface area contributed by atoms with E-state index < -0.39 is 18.1 Å². The van der Waals surface area contributed by atoms with Crippen LogP contribution < -0.4 is 5.32 Å². The van der Waals surface area contributed by atoms with Crippen LogP contribution in [-0.4, -0.2) is 39.5 Å². The fourth-order valence-corrected chi connectivity index (χ4v) is 2.67. The summed E-state index contributed by atoms with van der Waals surface area (Å²) in [7, 11) is 0. The fraction of sp³-hybridized carbons (Fsp3) is 0.312. The number of carbonyl (C=O) groups is 1. The Hall–Kier alpha value is -2.64. The minimum atomic E-state index is -4.41. The average molecular weight is 336 g/mol. The molecule has 0 spiro atoms. The van der Waals surface area contributed by atoms with Crippen molar-refractivity contribution in [3.8, 4) is 0 Å². The highest BCUT2D eigenvalue weighted by Crippen LogP contribution is 2.33. The van der Waals surface area contributed by atoms with Crippen molar-refractivity contribution in [3.05, 3.63) is 48.3 Å². The molecule has 24 heavy (non-hydrogen) atoms. The lowest BCUT2D eigenvalue weighted by Gasteiger charge is -2.26. The van der Waals surface area contributed by atoms with E-state index in [0.29, 0.717) is 6.42 Å². The molecule has 1 N–H and O–H groups in total. The Kier molecular flexibility index (Phi) is 4.37. The van der Waals surface area contributed by atoms with E-state index in [2.05, 4.69) is 15.3 Å². The largest absolute Gasteiger partial charge is 0.408 e. The molecular weight excluding hydrogens is 321 g/mol. The minimum Gasteiger partial charge on any atom is -0.326 e. The number of alkyl halides is 3. The van der Waals surface area contributed by atoms with Gasteiger partial charge in [-0.05, 0) is 25.0 Å². The molecule has 1 aromatic carbocycles. The highest BCUT2D eigenvalue weighted by Gasteiger charge is 2.47. The Balaban J connectivity index is 1.72. The molecule has 0 bridgehead atoms. The number of likely N-dealkylation sites (tertiary alicyclic amines) is 1. The summed E-state index contributed by atoms with van der Waals surface area (Å²) in [4.78, 5) is 21.2. The lowest BCUT2D eigenvalue weighted by atomic mass is 10.2. The van der Waals surface area contributed by atoms with Crippen LogP contribution >= 0.6 is 0 Å². The van der Waals surface area contributed by atoms with Gasteiger partial charge >= 0.3 is 6.18 Å². The molecule has 2 heterocycles. The molecule has 0 saturated carbocycles. The van der Waals surface area contributed by atoms with Crippen molar-refractivity contribution in [2.75, 3.05) is 11.9 Å². The zero-order chi connectivity index (χ0) is 17.2. The first-order valence-electron chi connectivity index (χ1n) is 7.47. The van der Waals surface area contributed by atoms with E-state index in [1.807, 2.05) is 30.3 Å². The highest BCUT2D eigenvalue weighted by molar-refractivity contribution is 5.94. The maximum absolute atomic E-state index is 13.0. The molecule has 8 heteroatoms. The van der Waals surface area contributed by atoms with E-state index in [1.165, 1.54) is 12.4 Å². The summed E-state index contributed by atoms with van der Waals surface area (Å²) in [5.41, 5.74) is 0.818. The lowest BCUT2D eigenvalue weighted by Crippen LogP contribution is -2.44. The van der Waals surface area contributed by atoms with Gasteiger partial charge in [-0.25, -0.2) is 9.97 Å². The maximum Gasteiger partial charge on any atom is 0.408 e. The van der Waals surface area contributed by atoms with Gasteiger partial charge in [0.2, 0.25) is 5.95 Å². The topological polar surface area (TPSA) is 58.1 Å². The van der Waals surface area contributed by atoms with E-state index in [0.717, 1.165) is 10.6 Å². The van der Waals surface area contributed by atoms with Crippen LogP contribution in [0.5, 0.6) is 0 Å². The summed E-state index contributed by atoms with van der Waals surface area (Å²) in [6.45, 7) is 0.0903. The molecule has 2 aromatic rings. The van der Waals surface area contributed by atoms with Crippen LogP contribution in [0.15, 0.2) is 42.7 Å². The quantitative estimate of drug-likeness (QED) is 0.933. The van der Waals surface area contributed by atoms with Crippen molar-refractivity contribution in [1.82, 2.24) is 14.9 Å². The van der Waals surface area contributed by atoms with Crippen molar-refractivity contribution in [3.63, 3.8) is 0 Å². The van der Waals surface area contributed by atoms with Gasteiger partial charge < -0.3 is 10.2 Å². The number of aromatic nitrogens is 2. The lowest BCUT2D eigenvalue weighted by molar-refractivity contribution is -0.169. The van der Waals surface area contributed by atoms with Gasteiger partial charge in [-0.2, -0.15) is 13.2 Å². The normalized spacial score (nSPS) is 17.8. The van der Waals surface area contributed by atoms with Gasteiger partial charge in [-0.15, -0.1) is 0 Å². The third-order valence-electron chi connectivity index (χ3n) is 3.82. The van der Waals surface area contributed by atoms with Gasteiger partial charge in [0.25, 0.3) is 5.91 Å². The first-order valence-corrected chi connectivity index (χ1v) is 7.47. The zero-order valence-corrected chi connectivity index (χ0v) is 12.6. The van der Waals surface area contributed by atoms with Crippen molar-refractivity contribution < 1.29 is 18.0 Å². The minimum absolute atomic E-state index is 0.0461. The summed E-state index contributed by atoms with van der Waals surface area (Å²) in [5, 5.41) is 2.95. The van der Waals surface area contributed by atoms with Crippen LogP contribution in [0.1, 0.15) is 23.2 Å². The van der Waals surface area contributed by atoms with E-state index in [9.17, 15) is 18.0 Å². The second-order valence-electron chi connectivity index (χ2n) is 5.48. The molecule has 0 radical (unpaired) electrons. The van der Waals surface area contributed by atoms with Gasteiger partial charge in [0.1, 0.15) is 6.04 Å². The first-order chi connectivity index (χ1) is 11.4. The van der Waals surface area contributed by atoms with Gasteiger partial charge in [0.15, 0.2) is 0 Å². The summed E-state index contributed by atoms with van der Waals surface area (Å²) < 4.78 is 38.9. The highest BCUT2D eigenvalue weighted by atomic mass is 19.4. The Bertz CT molecular complexity index is 704. The Morgan fingerprint density at radius 1 is 1.17 bits per heavy atom. The number of hydrogen-bond acceptors (Lipinski definition) is 4. The van der Waals surface area contributed by atoms with Gasteiger partial charge in [0.05, 0.1) is 5.56 Å². The molecule has 1 atom stereocenters. The summed E-state index contributed by atoms with van der Waals surface area (Å²) in [6, 6.07) is 7.45. The molecule has 1 amide bonds. The maximum atomic E-state index is 13.0. The average Bonchev–Trinajstić information content (AvgIpc) is 3.06. The molecule has 1 saturated heterocycles. The van der Waals surface area contributed by atoms with E-state index >= 15 is 0 Å². The molecule has 3 rings (SSSR count). The smallest absolute Gasteiger partial charge is 0.326 e. The summed E-state index contributed by atoms with van der Waals surface area (Å²) in [5.74, 6) is -0.423. The van der Waals surface area contributed by atoms with Crippen molar-refractivity contribution in [1.29, 1.82) is 0 Å². The van der Waals surface area contributed by atoms with Crippen LogP contribution in [-0.2, 0) is 0 Å². The van der Waals surface area contributed by atoms with E-state index in [-0.39, 0.29) is 24.5 Å². The van der Waals surface area contributed by atoms with Crippen molar-refractivity contribution in [2.24, 2.45) is 0 Å². The Labute approximate surface area is 136 Å². The van der Waals surface area contributed by atoms with E-state index in [1.54, 1.807) is 0 Å². The number of anilines is 2. The second kappa shape index (κ2) is 6.46. The predicted octanol–water partition coefficient (Wildman–Crippen LogP) is 3.39. The molecule has 0 unspecified atom stereocenters. The third kappa shape index (κ3) is 3.47. The first kappa shape index (κ1) is 16.2. The molecule has 126 valence electrons. The monoisotopic (exact) mass is 336 g/mol. The van der Waals surface area contributed by atoms with Crippen LogP contribution in [0.4, 0.5) is 24.8 Å². The second-order valence-corrected chi connectivity index (χ2v) is 5.48. The molecule has 1 aliphatic rings. The van der Waals surface area contributed by atoms with E-state index in [4.69, 9.17) is 0 Å². The van der Waals surface area contributed by atoms with Gasteiger partial charge in [-0.1, -0.05) is 18.2 Å². The van der Waals surface area contributed by atoms with Crippen molar-refractivity contribution >= 4 is 17.5 Å². The number of benzene rings is 1. The third-order valence-corrected chi connectivity index (χ3v) is 3.82. The molecule has 1 fully saturated rings. The summed E-state index contributed by atoms with van der Waals surface area (Å²) >= 11 is 0. The number of para-hydroxylation sites is 1. The molecular formula is C16H15F3N4O. The van der Waals surface area contributed by atoms with Crippen LogP contribution in [0, 0.1) is 0 Å². The van der Waals surface area contributed by atoms with Gasteiger partial charge in [0, 0.05) is 24.6 Å². The Morgan fingerprint density at radius 3 is 2.46 bits per heavy atom. The number of nitrogens with one attached hydrogen (secondary N) is 1. The molecule has 1 aromatic heterocycles. The number of halogens is 3. The van der Waals surface area contributed by atoms with Crippen molar-refractivity contribution in [2.45, 2.75) is 25.1 Å². The summed E-state index contributed by atoms with van der Waals surface area (Å²) in [6.07, 6.45) is -1.66. The molecule has 0 aliphatic carbocycles. The number of nitrogens with zero attached hydrogens (tertiary/aromatic N) is 3. The zero-order valence-electron chi connectivity index (χ0n) is 12.6. The van der Waals surface area contributed by atoms with Crippen LogP contribution in [0.3, 0.4) is 0 Å². The Morgan fingerprint density at radius 2 is 1.83 bits per heavy atom. The van der Waals surface area contributed by atoms with Crippen LogP contribution in [0.25, 0.3) is 0 Å². The molecule has 1 aliphatic heterocycles. The number of carbonyl (C=O) groups excluding carboxylic acids is 1. The number of amides is 1. The fourth-order valence-electron chi connectivity index (χ4n) is 2.67. The number of rotatable bonds is 3. The molecule has 5 nitrogen and oxygen atoms in total.